The zero-order valence-corrected chi connectivity index (χ0v) is 10.7. The molecule has 5 heteroatoms. The summed E-state index contributed by atoms with van der Waals surface area (Å²) >= 11 is 0. The molecule has 19 heavy (non-hydrogen) atoms. The van der Waals surface area contributed by atoms with Gasteiger partial charge in [-0.3, -0.25) is 0 Å². The molecule has 0 bridgehead atoms. The van der Waals surface area contributed by atoms with Crippen LogP contribution in [-0.4, -0.2) is 14.2 Å². The molecule has 0 amide bonds. The maximum Gasteiger partial charge on any atom is 0.148 e. The van der Waals surface area contributed by atoms with Crippen molar-refractivity contribution in [2.24, 2.45) is 0 Å². The van der Waals surface area contributed by atoms with Crippen LogP contribution in [0.4, 0.5) is 21.5 Å². The van der Waals surface area contributed by atoms with Gasteiger partial charge in [0, 0.05) is 11.8 Å². The average molecular weight is 262 g/mol. The van der Waals surface area contributed by atoms with Crippen molar-refractivity contribution in [1.82, 2.24) is 0 Å². The van der Waals surface area contributed by atoms with Crippen LogP contribution in [0.25, 0.3) is 0 Å². The Labute approximate surface area is 111 Å². The lowest BCUT2D eigenvalue weighted by Gasteiger charge is -2.13. The van der Waals surface area contributed by atoms with Crippen LogP contribution in [0.2, 0.25) is 0 Å². The Kier molecular flexibility index (Phi) is 3.75. The van der Waals surface area contributed by atoms with Crippen molar-refractivity contribution in [1.29, 1.82) is 0 Å². The van der Waals surface area contributed by atoms with Crippen LogP contribution >= 0.6 is 0 Å². The largest absolute Gasteiger partial charge is 0.497 e. The molecule has 0 aliphatic rings. The van der Waals surface area contributed by atoms with E-state index in [2.05, 4.69) is 5.32 Å². The summed E-state index contributed by atoms with van der Waals surface area (Å²) in [7, 11) is 3.14. The van der Waals surface area contributed by atoms with Crippen LogP contribution in [0.5, 0.6) is 11.5 Å². The Morgan fingerprint density at radius 2 is 1.84 bits per heavy atom. The first-order chi connectivity index (χ1) is 9.13. The highest BCUT2D eigenvalue weighted by atomic mass is 19.1. The molecule has 0 spiro atoms. The third-order valence-corrected chi connectivity index (χ3v) is 2.69. The van der Waals surface area contributed by atoms with E-state index in [1.807, 2.05) is 0 Å². The summed E-state index contributed by atoms with van der Waals surface area (Å²) < 4.78 is 23.8. The highest BCUT2D eigenvalue weighted by Crippen LogP contribution is 2.32. The van der Waals surface area contributed by atoms with E-state index in [0.29, 0.717) is 22.9 Å². The number of methoxy groups -OCH3 is 2. The van der Waals surface area contributed by atoms with Crippen LogP contribution in [0, 0.1) is 5.82 Å². The average Bonchev–Trinajstić information content (AvgIpc) is 2.43. The number of halogens is 1. The molecule has 0 aliphatic heterocycles. The zero-order chi connectivity index (χ0) is 13.8. The number of nitrogens with two attached hydrogens (primary N) is 1. The molecule has 2 aromatic carbocycles. The second-order valence-corrected chi connectivity index (χ2v) is 3.93. The standard InChI is InChI=1S/C14H15FN2O2/c1-18-10-4-6-14(19-2)13(8-10)17-9-3-5-12(16)11(15)7-9/h3-8,17H,16H2,1-2H3. The molecule has 0 unspecified atom stereocenters. The molecule has 0 radical (unpaired) electrons. The Morgan fingerprint density at radius 1 is 1.05 bits per heavy atom. The minimum Gasteiger partial charge on any atom is -0.497 e. The van der Waals surface area contributed by atoms with Gasteiger partial charge in [0.15, 0.2) is 0 Å². The van der Waals surface area contributed by atoms with Gasteiger partial charge in [-0.1, -0.05) is 0 Å². The number of anilines is 3. The zero-order valence-electron chi connectivity index (χ0n) is 10.7. The second-order valence-electron chi connectivity index (χ2n) is 3.93. The highest BCUT2D eigenvalue weighted by Gasteiger charge is 2.06. The van der Waals surface area contributed by atoms with Crippen LogP contribution in [0.15, 0.2) is 36.4 Å². The van der Waals surface area contributed by atoms with Gasteiger partial charge in [0.05, 0.1) is 25.6 Å². The summed E-state index contributed by atoms with van der Waals surface area (Å²) in [5.74, 6) is 0.851. The number of nitrogens with one attached hydrogen (secondary N) is 1. The van der Waals surface area contributed by atoms with Crippen molar-refractivity contribution in [2.75, 3.05) is 25.3 Å². The van der Waals surface area contributed by atoms with E-state index in [9.17, 15) is 4.39 Å². The lowest BCUT2D eigenvalue weighted by Crippen LogP contribution is -1.97. The minimum absolute atomic E-state index is 0.114. The van der Waals surface area contributed by atoms with Crippen LogP contribution in [-0.2, 0) is 0 Å². The van der Waals surface area contributed by atoms with E-state index in [-0.39, 0.29) is 5.69 Å². The number of rotatable bonds is 4. The van der Waals surface area contributed by atoms with Crippen molar-refractivity contribution >= 4 is 17.1 Å². The summed E-state index contributed by atoms with van der Waals surface area (Å²) in [6, 6.07) is 9.85. The van der Waals surface area contributed by atoms with E-state index < -0.39 is 5.82 Å². The minimum atomic E-state index is -0.466. The molecule has 0 fully saturated rings. The van der Waals surface area contributed by atoms with Crippen molar-refractivity contribution in [3.8, 4) is 11.5 Å². The van der Waals surface area contributed by atoms with Gasteiger partial charge in [0.2, 0.25) is 0 Å². The molecule has 4 nitrogen and oxygen atoms in total. The predicted molar refractivity (Wildman–Crippen MR) is 73.6 cm³/mol. The van der Waals surface area contributed by atoms with Crippen molar-refractivity contribution in [3.05, 3.63) is 42.2 Å². The monoisotopic (exact) mass is 262 g/mol. The molecule has 0 heterocycles. The molecular weight excluding hydrogens is 247 g/mol. The van der Waals surface area contributed by atoms with Crippen LogP contribution < -0.4 is 20.5 Å². The third kappa shape index (κ3) is 2.88. The van der Waals surface area contributed by atoms with E-state index in [1.165, 1.54) is 12.1 Å². The Bertz CT molecular complexity index is 588. The normalized spacial score (nSPS) is 10.1. The van der Waals surface area contributed by atoms with E-state index in [1.54, 1.807) is 38.5 Å². The summed E-state index contributed by atoms with van der Waals surface area (Å²) in [6.45, 7) is 0. The summed E-state index contributed by atoms with van der Waals surface area (Å²) in [4.78, 5) is 0. The van der Waals surface area contributed by atoms with Gasteiger partial charge in [0.1, 0.15) is 17.3 Å². The van der Waals surface area contributed by atoms with Gasteiger partial charge in [-0.05, 0) is 30.3 Å². The Hall–Kier alpha value is -2.43. The predicted octanol–water partition coefficient (Wildman–Crippen LogP) is 3.17. The van der Waals surface area contributed by atoms with Gasteiger partial charge in [-0.15, -0.1) is 0 Å². The van der Waals surface area contributed by atoms with Crippen LogP contribution in [0.3, 0.4) is 0 Å². The van der Waals surface area contributed by atoms with Gasteiger partial charge in [0.25, 0.3) is 0 Å². The van der Waals surface area contributed by atoms with E-state index in [4.69, 9.17) is 15.2 Å². The van der Waals surface area contributed by atoms with Crippen LogP contribution in [0.1, 0.15) is 0 Å². The first-order valence-electron chi connectivity index (χ1n) is 5.68. The number of hydrogen-bond donors (Lipinski definition) is 2. The first-order valence-corrected chi connectivity index (χ1v) is 5.68. The van der Waals surface area contributed by atoms with Gasteiger partial charge in [-0.2, -0.15) is 0 Å². The molecule has 0 saturated carbocycles. The lowest BCUT2D eigenvalue weighted by atomic mass is 10.2. The second kappa shape index (κ2) is 5.48. The molecular formula is C14H15FN2O2. The number of ether oxygens (including phenoxy) is 2. The molecule has 2 rings (SSSR count). The quantitative estimate of drug-likeness (QED) is 0.831. The Morgan fingerprint density at radius 3 is 2.47 bits per heavy atom. The molecule has 0 saturated heterocycles. The maximum absolute atomic E-state index is 13.4. The molecule has 0 aromatic heterocycles. The van der Waals surface area contributed by atoms with Crippen molar-refractivity contribution in [3.63, 3.8) is 0 Å². The molecule has 0 atom stereocenters. The number of benzene rings is 2. The van der Waals surface area contributed by atoms with Gasteiger partial charge in [-0.25, -0.2) is 4.39 Å². The SMILES string of the molecule is COc1ccc(OC)c(Nc2ccc(N)c(F)c2)c1. The van der Waals surface area contributed by atoms with E-state index in [0.717, 1.165) is 0 Å². The fraction of sp³-hybridized carbons (Fsp3) is 0.143. The summed E-state index contributed by atoms with van der Waals surface area (Å²) in [5, 5.41) is 3.07. The Balaban J connectivity index is 2.33. The van der Waals surface area contributed by atoms with Crippen molar-refractivity contribution < 1.29 is 13.9 Å². The summed E-state index contributed by atoms with van der Waals surface area (Å²) in [5.41, 5.74) is 6.82. The first kappa shape index (κ1) is 13.0. The molecule has 3 N–H and O–H groups in total. The molecule has 0 aliphatic carbocycles. The number of hydrogen-bond acceptors (Lipinski definition) is 4. The van der Waals surface area contributed by atoms with Crippen molar-refractivity contribution in [2.45, 2.75) is 0 Å². The van der Waals surface area contributed by atoms with Gasteiger partial charge >= 0.3 is 0 Å². The fourth-order valence-electron chi connectivity index (χ4n) is 1.67. The summed E-state index contributed by atoms with van der Waals surface area (Å²) in [6.07, 6.45) is 0. The third-order valence-electron chi connectivity index (χ3n) is 2.69. The van der Waals surface area contributed by atoms with Gasteiger partial charge < -0.3 is 20.5 Å². The smallest absolute Gasteiger partial charge is 0.148 e. The fourth-order valence-corrected chi connectivity index (χ4v) is 1.67. The maximum atomic E-state index is 13.4. The number of nitrogen functional groups attached to an aromatic ring is 1. The molecule has 100 valence electrons. The highest BCUT2D eigenvalue weighted by molar-refractivity contribution is 5.69. The molecule has 2 aromatic rings. The topological polar surface area (TPSA) is 56.5 Å². The lowest BCUT2D eigenvalue weighted by molar-refractivity contribution is 0.405. The van der Waals surface area contributed by atoms with E-state index >= 15 is 0 Å².